The molecule has 0 aliphatic heterocycles. The Morgan fingerprint density at radius 3 is 2.54 bits per heavy atom. The van der Waals surface area contributed by atoms with E-state index in [-0.39, 0.29) is 27.9 Å². The Morgan fingerprint density at radius 1 is 1.19 bits per heavy atom. The van der Waals surface area contributed by atoms with Gasteiger partial charge >= 0.3 is 12.1 Å². The molecule has 0 aliphatic rings. The number of hydrogen-bond acceptors (Lipinski definition) is 3. The molecule has 0 radical (unpaired) electrons. The van der Waals surface area contributed by atoms with Gasteiger partial charge in [-0.25, -0.2) is 0 Å². The number of carbonyl (C=O) groups is 2. The fraction of sp³-hybridized carbons (Fsp3) is 0.167. The third kappa shape index (κ3) is 3.30. The smallest absolute Gasteiger partial charge is 0.416 e. The Balaban J connectivity index is 2.19. The molecule has 0 saturated carbocycles. The number of H-pyrrole nitrogens is 1. The fourth-order valence-corrected chi connectivity index (χ4v) is 2.75. The van der Waals surface area contributed by atoms with E-state index in [2.05, 4.69) is 9.97 Å². The number of benzene rings is 1. The van der Waals surface area contributed by atoms with Gasteiger partial charge in [-0.3, -0.25) is 14.6 Å². The number of aromatic nitrogens is 2. The van der Waals surface area contributed by atoms with Crippen molar-refractivity contribution in [3.05, 3.63) is 64.6 Å². The lowest BCUT2D eigenvalue weighted by Gasteiger charge is -2.06. The van der Waals surface area contributed by atoms with Crippen molar-refractivity contribution in [3.63, 3.8) is 0 Å². The number of nitrogens with one attached hydrogen (secondary N) is 1. The highest BCUT2D eigenvalue weighted by molar-refractivity contribution is 6.11. The molecule has 1 aromatic carbocycles. The molecule has 26 heavy (non-hydrogen) atoms. The zero-order valence-electron chi connectivity index (χ0n) is 13.5. The highest BCUT2D eigenvalue weighted by Crippen LogP contribution is 2.33. The minimum atomic E-state index is -4.55. The van der Waals surface area contributed by atoms with Crippen LogP contribution in [0.2, 0.25) is 0 Å². The maximum Gasteiger partial charge on any atom is 0.416 e. The normalized spacial score (nSPS) is 11.7. The van der Waals surface area contributed by atoms with Gasteiger partial charge in [0.15, 0.2) is 0 Å². The zero-order chi connectivity index (χ0) is 19.1. The first kappa shape index (κ1) is 17.7. The first-order valence-electron chi connectivity index (χ1n) is 7.58. The van der Waals surface area contributed by atoms with E-state index in [1.807, 2.05) is 0 Å². The van der Waals surface area contributed by atoms with Crippen molar-refractivity contribution < 1.29 is 27.9 Å². The fourth-order valence-electron chi connectivity index (χ4n) is 2.75. The predicted molar refractivity (Wildman–Crippen MR) is 87.0 cm³/mol. The van der Waals surface area contributed by atoms with Crippen LogP contribution in [0.15, 0.2) is 36.5 Å². The molecule has 8 heteroatoms. The van der Waals surface area contributed by atoms with Crippen LogP contribution in [0.1, 0.15) is 32.9 Å². The molecule has 134 valence electrons. The number of fused-ring (bicyclic) bond motifs is 1. The predicted octanol–water partition coefficient (Wildman–Crippen LogP) is 3.75. The number of carboxylic acids is 1. The summed E-state index contributed by atoms with van der Waals surface area (Å²) >= 11 is 0. The molecule has 3 rings (SSSR count). The summed E-state index contributed by atoms with van der Waals surface area (Å²) in [6, 6.07) is 6.12. The van der Waals surface area contributed by atoms with Crippen molar-refractivity contribution in [2.45, 2.75) is 19.5 Å². The molecule has 0 unspecified atom stereocenters. The maximum atomic E-state index is 12.9. The lowest BCUT2D eigenvalue weighted by molar-refractivity contribution is -0.138. The van der Waals surface area contributed by atoms with Crippen LogP contribution in [0, 0.1) is 6.92 Å². The van der Waals surface area contributed by atoms with Crippen molar-refractivity contribution >= 4 is 22.7 Å². The Labute approximate surface area is 145 Å². The van der Waals surface area contributed by atoms with E-state index >= 15 is 0 Å². The van der Waals surface area contributed by atoms with E-state index in [1.54, 1.807) is 13.0 Å². The number of alkyl halides is 3. The van der Waals surface area contributed by atoms with Crippen LogP contribution in [-0.4, -0.2) is 26.8 Å². The van der Waals surface area contributed by atoms with Gasteiger partial charge in [0, 0.05) is 22.7 Å². The van der Waals surface area contributed by atoms with Gasteiger partial charge in [0.2, 0.25) is 5.78 Å². The van der Waals surface area contributed by atoms with Gasteiger partial charge in [-0.2, -0.15) is 13.2 Å². The monoisotopic (exact) mass is 362 g/mol. The average molecular weight is 362 g/mol. The van der Waals surface area contributed by atoms with Gasteiger partial charge in [0.1, 0.15) is 5.69 Å². The van der Waals surface area contributed by atoms with Gasteiger partial charge < -0.3 is 10.1 Å². The van der Waals surface area contributed by atoms with Crippen LogP contribution >= 0.6 is 0 Å². The number of pyridine rings is 1. The summed E-state index contributed by atoms with van der Waals surface area (Å²) < 4.78 is 38.7. The standard InChI is InChI=1S/C18H13F3N2O3/c1-9-4-5-22-14(6-9)17(26)16-12(8-15(24)25)11-3-2-10(18(19,20)21)7-13(11)23-16/h2-7,23H,8H2,1H3,(H,24,25). The van der Waals surface area contributed by atoms with Crippen molar-refractivity contribution in [2.75, 3.05) is 0 Å². The van der Waals surface area contributed by atoms with E-state index in [0.29, 0.717) is 0 Å². The van der Waals surface area contributed by atoms with Crippen molar-refractivity contribution in [1.29, 1.82) is 0 Å². The topological polar surface area (TPSA) is 83.0 Å². The summed E-state index contributed by atoms with van der Waals surface area (Å²) in [6.07, 6.45) is -3.61. The number of rotatable bonds is 4. The number of aliphatic carboxylic acids is 1. The number of nitrogens with zero attached hydrogens (tertiary/aromatic N) is 1. The highest BCUT2D eigenvalue weighted by Gasteiger charge is 2.31. The lowest BCUT2D eigenvalue weighted by Crippen LogP contribution is -2.10. The van der Waals surface area contributed by atoms with Gasteiger partial charge in [0.05, 0.1) is 17.7 Å². The molecule has 0 bridgehead atoms. The number of carbonyl (C=O) groups excluding carboxylic acids is 1. The van der Waals surface area contributed by atoms with Crippen molar-refractivity contribution in [2.24, 2.45) is 0 Å². The minimum absolute atomic E-state index is 0.0482. The third-order valence-electron chi connectivity index (χ3n) is 3.94. The second-order valence-corrected chi connectivity index (χ2v) is 5.85. The van der Waals surface area contributed by atoms with Crippen molar-refractivity contribution in [1.82, 2.24) is 9.97 Å². The summed E-state index contributed by atoms with van der Waals surface area (Å²) in [6.45, 7) is 1.76. The second-order valence-electron chi connectivity index (χ2n) is 5.85. The number of aryl methyl sites for hydroxylation is 1. The van der Waals surface area contributed by atoms with E-state index < -0.39 is 29.9 Å². The van der Waals surface area contributed by atoms with Crippen LogP contribution in [0.4, 0.5) is 13.2 Å². The molecule has 0 aliphatic carbocycles. The molecule has 2 N–H and O–H groups in total. The van der Waals surface area contributed by atoms with E-state index in [4.69, 9.17) is 5.11 Å². The summed E-state index contributed by atoms with van der Waals surface area (Å²) in [5, 5.41) is 9.39. The molecule has 3 aromatic rings. The summed E-state index contributed by atoms with van der Waals surface area (Å²) in [5.74, 6) is -1.77. The molecule has 2 heterocycles. The number of halogens is 3. The maximum absolute atomic E-state index is 12.9. The highest BCUT2D eigenvalue weighted by atomic mass is 19.4. The van der Waals surface area contributed by atoms with E-state index in [0.717, 1.165) is 17.7 Å². The van der Waals surface area contributed by atoms with E-state index in [9.17, 15) is 22.8 Å². The molecule has 0 amide bonds. The van der Waals surface area contributed by atoms with Gasteiger partial charge in [-0.05, 0) is 36.8 Å². The summed E-state index contributed by atoms with van der Waals surface area (Å²) in [4.78, 5) is 30.5. The molecular weight excluding hydrogens is 349 g/mol. The largest absolute Gasteiger partial charge is 0.481 e. The van der Waals surface area contributed by atoms with Gasteiger partial charge in [-0.15, -0.1) is 0 Å². The zero-order valence-corrected chi connectivity index (χ0v) is 13.5. The molecular formula is C18H13F3N2O3. The number of aromatic amines is 1. The van der Waals surface area contributed by atoms with Gasteiger partial charge in [0.25, 0.3) is 0 Å². The van der Waals surface area contributed by atoms with Crippen LogP contribution < -0.4 is 0 Å². The number of carboxylic acid groups (broad SMARTS) is 1. The van der Waals surface area contributed by atoms with Crippen LogP contribution in [-0.2, 0) is 17.4 Å². The molecule has 5 nitrogen and oxygen atoms in total. The van der Waals surface area contributed by atoms with Crippen LogP contribution in [0.3, 0.4) is 0 Å². The number of hydrogen-bond donors (Lipinski definition) is 2. The minimum Gasteiger partial charge on any atom is -0.481 e. The molecule has 0 atom stereocenters. The summed E-state index contributed by atoms with van der Waals surface area (Å²) in [5.41, 5.74) is 0.0834. The Morgan fingerprint density at radius 2 is 1.92 bits per heavy atom. The van der Waals surface area contributed by atoms with Gasteiger partial charge in [-0.1, -0.05) is 6.07 Å². The van der Waals surface area contributed by atoms with Crippen LogP contribution in [0.5, 0.6) is 0 Å². The SMILES string of the molecule is Cc1ccnc(C(=O)c2[nH]c3cc(C(F)(F)F)ccc3c2CC(=O)O)c1. The lowest BCUT2D eigenvalue weighted by atomic mass is 10.0. The van der Waals surface area contributed by atoms with Crippen LogP contribution in [0.25, 0.3) is 10.9 Å². The second kappa shape index (κ2) is 6.29. The molecule has 0 spiro atoms. The Kier molecular flexibility index (Phi) is 4.27. The third-order valence-corrected chi connectivity index (χ3v) is 3.94. The summed E-state index contributed by atoms with van der Waals surface area (Å²) in [7, 11) is 0. The molecule has 0 saturated heterocycles. The molecule has 2 aromatic heterocycles. The first-order valence-corrected chi connectivity index (χ1v) is 7.58. The first-order chi connectivity index (χ1) is 12.2. The van der Waals surface area contributed by atoms with E-state index in [1.165, 1.54) is 18.3 Å². The van der Waals surface area contributed by atoms with Crippen molar-refractivity contribution in [3.8, 4) is 0 Å². The Hall–Kier alpha value is -3.16. The number of ketones is 1. The quantitative estimate of drug-likeness (QED) is 0.693. The molecule has 0 fully saturated rings. The average Bonchev–Trinajstić information content (AvgIpc) is 2.90. The Bertz CT molecular complexity index is 1020.